The maximum Gasteiger partial charge on any atom is 0.336 e. The first-order valence-corrected chi connectivity index (χ1v) is 9.12. The average Bonchev–Trinajstić information content (AvgIpc) is 3.37. The molecule has 0 aliphatic heterocycles. The van der Waals surface area contributed by atoms with Gasteiger partial charge >= 0.3 is 5.97 Å². The molecule has 0 spiro atoms. The van der Waals surface area contributed by atoms with Gasteiger partial charge in [-0.15, -0.1) is 0 Å². The lowest BCUT2D eigenvalue weighted by molar-refractivity contribution is 0.0698. The predicted molar refractivity (Wildman–Crippen MR) is 106 cm³/mol. The number of hydrogen-bond acceptors (Lipinski definition) is 4. The Labute approximate surface area is 165 Å². The van der Waals surface area contributed by atoms with Crippen LogP contribution in [0.25, 0.3) is 28.2 Å². The molecule has 142 valence electrons. The van der Waals surface area contributed by atoms with Crippen LogP contribution in [0.3, 0.4) is 0 Å². The fraction of sp³-hybridized carbons (Fsp3) is 0.0909. The molecule has 1 N–H and O–H groups in total. The van der Waals surface area contributed by atoms with E-state index >= 15 is 0 Å². The van der Waals surface area contributed by atoms with E-state index in [1.165, 1.54) is 23.4 Å². The van der Waals surface area contributed by atoms with Gasteiger partial charge in [-0.05, 0) is 53.8 Å². The molecule has 5 rings (SSSR count). The Hall–Kier alpha value is -3.87. The second kappa shape index (κ2) is 6.63. The fourth-order valence-corrected chi connectivity index (χ4v) is 3.86. The van der Waals surface area contributed by atoms with Crippen LogP contribution >= 0.6 is 0 Å². The summed E-state index contributed by atoms with van der Waals surface area (Å²) in [6.07, 6.45) is 5.91. The largest absolute Gasteiger partial charge is 0.478 e. The second-order valence-electron chi connectivity index (χ2n) is 6.86. The zero-order valence-corrected chi connectivity index (χ0v) is 15.2. The molecule has 4 aromatic rings. The summed E-state index contributed by atoms with van der Waals surface area (Å²) >= 11 is 0. The molecule has 7 heteroatoms. The monoisotopic (exact) mass is 386 g/mol. The molecule has 1 aliphatic carbocycles. The first kappa shape index (κ1) is 17.2. The third-order valence-electron chi connectivity index (χ3n) is 5.13. The van der Waals surface area contributed by atoms with Crippen LogP contribution in [0.1, 0.15) is 33.6 Å². The number of benzene rings is 2. The maximum absolute atomic E-state index is 14.6. The average molecular weight is 386 g/mol. The van der Waals surface area contributed by atoms with Gasteiger partial charge in [-0.3, -0.25) is 0 Å². The summed E-state index contributed by atoms with van der Waals surface area (Å²) in [6.45, 7) is 0. The van der Waals surface area contributed by atoms with Gasteiger partial charge < -0.3 is 5.11 Å². The number of rotatable bonds is 3. The number of aromatic nitrogens is 4. The molecular weight excluding hydrogens is 371 g/mol. The molecule has 29 heavy (non-hydrogen) atoms. The van der Waals surface area contributed by atoms with Crippen LogP contribution in [-0.4, -0.2) is 30.8 Å². The Morgan fingerprint density at radius 2 is 2.03 bits per heavy atom. The molecule has 2 aromatic heterocycles. The van der Waals surface area contributed by atoms with Crippen LogP contribution in [0, 0.1) is 5.82 Å². The number of carboxylic acid groups (broad SMARTS) is 1. The van der Waals surface area contributed by atoms with Gasteiger partial charge in [-0.1, -0.05) is 24.3 Å². The van der Waals surface area contributed by atoms with Crippen molar-refractivity contribution in [2.45, 2.75) is 12.8 Å². The molecule has 0 saturated carbocycles. The summed E-state index contributed by atoms with van der Waals surface area (Å²) in [7, 11) is 0. The Kier molecular flexibility index (Phi) is 3.94. The number of para-hydroxylation sites is 1. The van der Waals surface area contributed by atoms with E-state index in [2.05, 4.69) is 10.1 Å². The molecule has 2 heterocycles. The summed E-state index contributed by atoms with van der Waals surface area (Å²) in [5.41, 5.74) is 4.27. The van der Waals surface area contributed by atoms with Crippen molar-refractivity contribution in [3.8, 4) is 5.69 Å². The zero-order chi connectivity index (χ0) is 20.0. The summed E-state index contributed by atoms with van der Waals surface area (Å²) in [6, 6.07) is 12.1. The van der Waals surface area contributed by atoms with Crippen LogP contribution in [0.5, 0.6) is 0 Å². The van der Waals surface area contributed by atoms with Crippen LogP contribution in [-0.2, 0) is 6.42 Å². The maximum atomic E-state index is 14.6. The van der Waals surface area contributed by atoms with E-state index in [1.54, 1.807) is 18.2 Å². The number of aromatic carboxylic acids is 1. The SMILES string of the molecule is O=C(O)c1c2c(nc3ccccc13)/C(=C/c1ccc(-n3cncn3)c(F)c1)CC2. The van der Waals surface area contributed by atoms with Crippen LogP contribution < -0.4 is 0 Å². The lowest BCUT2D eigenvalue weighted by Gasteiger charge is -2.09. The van der Waals surface area contributed by atoms with Crippen molar-refractivity contribution in [1.29, 1.82) is 0 Å². The minimum atomic E-state index is -0.954. The van der Waals surface area contributed by atoms with Crippen molar-refractivity contribution in [2.24, 2.45) is 0 Å². The first-order valence-electron chi connectivity index (χ1n) is 9.12. The van der Waals surface area contributed by atoms with Gasteiger partial charge in [0.15, 0.2) is 0 Å². The van der Waals surface area contributed by atoms with Gasteiger partial charge in [-0.2, -0.15) is 5.10 Å². The molecule has 0 bridgehead atoms. The molecule has 2 aromatic carbocycles. The number of carboxylic acids is 1. The highest BCUT2D eigenvalue weighted by molar-refractivity contribution is 6.06. The highest BCUT2D eigenvalue weighted by Crippen LogP contribution is 2.37. The molecular formula is C22H15FN4O2. The van der Waals surface area contributed by atoms with E-state index in [4.69, 9.17) is 4.98 Å². The van der Waals surface area contributed by atoms with Gasteiger partial charge in [0.25, 0.3) is 0 Å². The van der Waals surface area contributed by atoms with Crippen molar-refractivity contribution in [2.75, 3.05) is 0 Å². The van der Waals surface area contributed by atoms with Crippen LogP contribution in [0.4, 0.5) is 4.39 Å². The van der Waals surface area contributed by atoms with E-state index < -0.39 is 11.8 Å². The Bertz CT molecular complexity index is 1300. The Morgan fingerprint density at radius 1 is 1.17 bits per heavy atom. The van der Waals surface area contributed by atoms with Gasteiger partial charge in [0, 0.05) is 5.39 Å². The molecule has 0 radical (unpaired) electrons. The van der Waals surface area contributed by atoms with E-state index in [9.17, 15) is 14.3 Å². The molecule has 6 nitrogen and oxygen atoms in total. The number of allylic oxidation sites excluding steroid dienone is 1. The van der Waals surface area contributed by atoms with Crippen LogP contribution in [0.15, 0.2) is 55.1 Å². The molecule has 0 amide bonds. The summed E-state index contributed by atoms with van der Waals surface area (Å²) in [5, 5.41) is 14.4. The summed E-state index contributed by atoms with van der Waals surface area (Å²) < 4.78 is 15.9. The first-order chi connectivity index (χ1) is 14.1. The fourth-order valence-electron chi connectivity index (χ4n) is 3.86. The molecule has 0 atom stereocenters. The minimum absolute atomic E-state index is 0.307. The number of carbonyl (C=O) groups is 1. The molecule has 0 fully saturated rings. The van der Waals surface area contributed by atoms with Crippen molar-refractivity contribution in [1.82, 2.24) is 19.7 Å². The second-order valence-corrected chi connectivity index (χ2v) is 6.86. The number of hydrogen-bond donors (Lipinski definition) is 1. The topological polar surface area (TPSA) is 80.9 Å². The van der Waals surface area contributed by atoms with Gasteiger partial charge in [0.2, 0.25) is 0 Å². The summed E-state index contributed by atoms with van der Waals surface area (Å²) in [5.74, 6) is -1.37. The number of fused-ring (bicyclic) bond motifs is 2. The van der Waals surface area contributed by atoms with Crippen molar-refractivity contribution in [3.05, 3.63) is 83.3 Å². The third-order valence-corrected chi connectivity index (χ3v) is 5.13. The smallest absolute Gasteiger partial charge is 0.336 e. The normalized spacial score (nSPS) is 14.4. The number of nitrogens with zero attached hydrogens (tertiary/aromatic N) is 4. The van der Waals surface area contributed by atoms with E-state index in [-0.39, 0.29) is 0 Å². The highest BCUT2D eigenvalue weighted by Gasteiger charge is 2.26. The molecule has 0 unspecified atom stereocenters. The highest BCUT2D eigenvalue weighted by atomic mass is 19.1. The standard InChI is InChI=1S/C22H15FN4O2/c23-17-10-13(5-8-19(17)27-12-24-11-25-27)9-14-6-7-16-20(22(28)29)15-3-1-2-4-18(15)26-21(14)16/h1-5,8-12H,6-7H2,(H,28,29)/b14-9+. The van der Waals surface area contributed by atoms with Crippen LogP contribution in [0.2, 0.25) is 0 Å². The zero-order valence-electron chi connectivity index (χ0n) is 15.2. The Balaban J connectivity index is 1.61. The van der Waals surface area contributed by atoms with E-state index in [1.807, 2.05) is 24.3 Å². The Morgan fingerprint density at radius 3 is 2.79 bits per heavy atom. The van der Waals surface area contributed by atoms with Crippen molar-refractivity contribution < 1.29 is 14.3 Å². The van der Waals surface area contributed by atoms with E-state index in [0.29, 0.717) is 46.3 Å². The van der Waals surface area contributed by atoms with Gasteiger partial charge in [0.05, 0.1) is 16.8 Å². The lowest BCUT2D eigenvalue weighted by Crippen LogP contribution is -2.05. The number of halogens is 1. The summed E-state index contributed by atoms with van der Waals surface area (Å²) in [4.78, 5) is 20.5. The molecule has 0 saturated heterocycles. The number of pyridine rings is 1. The third kappa shape index (κ3) is 2.87. The minimum Gasteiger partial charge on any atom is -0.478 e. The molecule has 1 aliphatic rings. The van der Waals surface area contributed by atoms with Crippen molar-refractivity contribution >= 4 is 28.5 Å². The lowest BCUT2D eigenvalue weighted by atomic mass is 10.0. The predicted octanol–water partition coefficient (Wildman–Crippen LogP) is 4.14. The van der Waals surface area contributed by atoms with E-state index in [0.717, 1.165) is 11.1 Å². The van der Waals surface area contributed by atoms with Crippen molar-refractivity contribution in [3.63, 3.8) is 0 Å². The quantitative estimate of drug-likeness (QED) is 0.572. The van der Waals surface area contributed by atoms with Gasteiger partial charge in [0.1, 0.15) is 24.2 Å². The van der Waals surface area contributed by atoms with Gasteiger partial charge in [-0.25, -0.2) is 23.8 Å².